The Bertz CT molecular complexity index is 853. The molecular formula is C20H25NO4S. The third-order valence-electron chi connectivity index (χ3n) is 4.68. The quantitative estimate of drug-likeness (QED) is 0.568. The lowest BCUT2D eigenvalue weighted by molar-refractivity contribution is 0.0517. The zero-order chi connectivity index (χ0) is 18.7. The van der Waals surface area contributed by atoms with Gasteiger partial charge in [-0.3, -0.25) is 0 Å². The molecule has 1 heterocycles. The zero-order valence-corrected chi connectivity index (χ0v) is 16.4. The van der Waals surface area contributed by atoms with Crippen LogP contribution in [0.3, 0.4) is 0 Å². The van der Waals surface area contributed by atoms with Crippen LogP contribution in [0.4, 0.5) is 5.69 Å². The van der Waals surface area contributed by atoms with E-state index in [1.165, 1.54) is 19.3 Å². The van der Waals surface area contributed by atoms with E-state index in [0.29, 0.717) is 15.7 Å². The van der Waals surface area contributed by atoms with Crippen LogP contribution in [-0.2, 0) is 4.74 Å². The highest BCUT2D eigenvalue weighted by Gasteiger charge is 2.26. The second kappa shape index (κ2) is 8.16. The third-order valence-corrected chi connectivity index (χ3v) is 6.14. The fourth-order valence-electron chi connectivity index (χ4n) is 3.29. The topological polar surface area (TPSA) is 59.8 Å². The van der Waals surface area contributed by atoms with E-state index < -0.39 is 11.6 Å². The Morgan fingerprint density at radius 3 is 2.65 bits per heavy atom. The van der Waals surface area contributed by atoms with Crippen LogP contribution in [0.2, 0.25) is 0 Å². The van der Waals surface area contributed by atoms with Crippen LogP contribution < -0.4 is 10.5 Å². The van der Waals surface area contributed by atoms with E-state index in [1.54, 1.807) is 18.7 Å². The van der Waals surface area contributed by atoms with E-state index in [2.05, 4.69) is 0 Å². The van der Waals surface area contributed by atoms with E-state index in [0.717, 1.165) is 23.9 Å². The highest BCUT2D eigenvalue weighted by atomic mass is 32.2. The van der Waals surface area contributed by atoms with Crippen molar-refractivity contribution >= 4 is 34.4 Å². The summed E-state index contributed by atoms with van der Waals surface area (Å²) < 4.78 is 10.6. The summed E-state index contributed by atoms with van der Waals surface area (Å²) >= 11 is 1.63. The summed E-state index contributed by atoms with van der Waals surface area (Å²) in [5.41, 5.74) is 0.864. The first-order valence-corrected chi connectivity index (χ1v) is 10.0. The van der Waals surface area contributed by atoms with Crippen molar-refractivity contribution in [3.63, 3.8) is 0 Å². The minimum absolute atomic E-state index is 0.0347. The van der Waals surface area contributed by atoms with Crippen molar-refractivity contribution in [3.05, 3.63) is 34.2 Å². The van der Waals surface area contributed by atoms with Crippen molar-refractivity contribution in [2.45, 2.75) is 49.2 Å². The molecule has 5 nitrogen and oxygen atoms in total. The second-order valence-electron chi connectivity index (χ2n) is 6.77. The van der Waals surface area contributed by atoms with Crippen LogP contribution in [-0.4, -0.2) is 31.9 Å². The number of rotatable bonds is 5. The average Bonchev–Trinajstić information content (AvgIpc) is 2.62. The van der Waals surface area contributed by atoms with Crippen molar-refractivity contribution in [1.82, 2.24) is 0 Å². The van der Waals surface area contributed by atoms with Crippen LogP contribution >= 0.6 is 11.8 Å². The van der Waals surface area contributed by atoms with Gasteiger partial charge in [0.2, 0.25) is 0 Å². The van der Waals surface area contributed by atoms with Gasteiger partial charge in [-0.2, -0.15) is 0 Å². The maximum absolute atomic E-state index is 12.6. The molecule has 2 aromatic rings. The number of benzene rings is 1. The van der Waals surface area contributed by atoms with Gasteiger partial charge in [0, 0.05) is 41.4 Å². The third kappa shape index (κ3) is 3.90. The summed E-state index contributed by atoms with van der Waals surface area (Å²) in [5, 5.41) is 1.21. The Kier molecular flexibility index (Phi) is 5.91. The number of nitrogens with zero attached hydrogens (tertiary/aromatic N) is 1. The molecule has 0 atom stereocenters. The van der Waals surface area contributed by atoms with Crippen LogP contribution in [0.1, 0.15) is 49.4 Å². The number of carbonyl (C=O) groups excluding carboxylic acids is 1. The van der Waals surface area contributed by atoms with Gasteiger partial charge < -0.3 is 14.1 Å². The summed E-state index contributed by atoms with van der Waals surface area (Å²) in [6.45, 7) is 1.96. The molecule has 26 heavy (non-hydrogen) atoms. The molecular weight excluding hydrogens is 350 g/mol. The van der Waals surface area contributed by atoms with Gasteiger partial charge in [-0.05, 0) is 31.9 Å². The maximum atomic E-state index is 12.6. The molecule has 1 aliphatic rings. The minimum atomic E-state index is -0.620. The monoisotopic (exact) mass is 375 g/mol. The lowest BCUT2D eigenvalue weighted by atomic mass is 10.0. The van der Waals surface area contributed by atoms with Crippen molar-refractivity contribution in [2.24, 2.45) is 0 Å². The number of thioether (sulfide) groups is 1. The Labute approximate surface area is 157 Å². The number of carbonyl (C=O) groups is 1. The number of fused-ring (bicyclic) bond motifs is 1. The number of ether oxygens (including phenoxy) is 1. The molecule has 1 aromatic heterocycles. The first-order valence-electron chi connectivity index (χ1n) is 9.13. The Morgan fingerprint density at radius 1 is 1.27 bits per heavy atom. The average molecular weight is 375 g/mol. The molecule has 0 aliphatic heterocycles. The van der Waals surface area contributed by atoms with Gasteiger partial charge in [-0.1, -0.05) is 19.3 Å². The van der Waals surface area contributed by atoms with Crippen LogP contribution in [0, 0.1) is 0 Å². The van der Waals surface area contributed by atoms with Gasteiger partial charge in [-0.25, -0.2) is 9.59 Å². The first kappa shape index (κ1) is 18.8. The summed E-state index contributed by atoms with van der Waals surface area (Å²) in [5.74, 6) is -0.599. The molecule has 0 radical (unpaired) electrons. The Morgan fingerprint density at radius 2 is 2.00 bits per heavy atom. The molecule has 3 rings (SSSR count). The summed E-state index contributed by atoms with van der Waals surface area (Å²) in [4.78, 5) is 27.7. The van der Waals surface area contributed by atoms with E-state index in [1.807, 2.05) is 37.2 Å². The molecule has 0 saturated heterocycles. The van der Waals surface area contributed by atoms with Gasteiger partial charge in [-0.15, -0.1) is 11.8 Å². The van der Waals surface area contributed by atoms with E-state index in [9.17, 15) is 9.59 Å². The second-order valence-corrected chi connectivity index (χ2v) is 8.08. The van der Waals surface area contributed by atoms with Crippen LogP contribution in [0.15, 0.2) is 32.3 Å². The standard InChI is InChI=1S/C20H25NO4S/c1-4-24-19(22)17-18(26-14-8-6-5-7-9-14)15-11-10-13(21(2)3)12-16(15)25-20(17)23/h10-12,14H,4-9H2,1-3H3. The number of esters is 1. The van der Waals surface area contributed by atoms with E-state index >= 15 is 0 Å². The molecule has 0 bridgehead atoms. The normalized spacial score (nSPS) is 15.2. The molecule has 0 spiro atoms. The highest BCUT2D eigenvalue weighted by Crippen LogP contribution is 2.39. The van der Waals surface area contributed by atoms with Crippen LogP contribution in [0.25, 0.3) is 11.0 Å². The Balaban J connectivity index is 2.14. The predicted octanol–water partition coefficient (Wildman–Crippen LogP) is 4.46. The van der Waals surface area contributed by atoms with Crippen molar-refractivity contribution < 1.29 is 13.9 Å². The molecule has 1 aliphatic carbocycles. The number of anilines is 1. The molecule has 1 saturated carbocycles. The summed E-state index contributed by atoms with van der Waals surface area (Å²) in [7, 11) is 3.87. The van der Waals surface area contributed by atoms with Gasteiger partial charge >= 0.3 is 11.6 Å². The smallest absolute Gasteiger partial charge is 0.352 e. The molecule has 0 unspecified atom stereocenters. The van der Waals surface area contributed by atoms with Gasteiger partial charge in [0.1, 0.15) is 5.58 Å². The highest BCUT2D eigenvalue weighted by molar-refractivity contribution is 8.00. The Hall–Kier alpha value is -1.95. The number of hydrogen-bond acceptors (Lipinski definition) is 6. The van der Waals surface area contributed by atoms with Crippen molar-refractivity contribution in [1.29, 1.82) is 0 Å². The van der Waals surface area contributed by atoms with E-state index in [4.69, 9.17) is 9.15 Å². The molecule has 6 heteroatoms. The molecule has 1 fully saturated rings. The minimum Gasteiger partial charge on any atom is -0.462 e. The number of hydrogen-bond donors (Lipinski definition) is 0. The fraction of sp³-hybridized carbons (Fsp3) is 0.500. The SMILES string of the molecule is CCOC(=O)c1c(SC2CCCCC2)c2ccc(N(C)C)cc2oc1=O. The van der Waals surface area contributed by atoms with Gasteiger partial charge in [0.25, 0.3) is 0 Å². The largest absolute Gasteiger partial charge is 0.462 e. The fourth-order valence-corrected chi connectivity index (χ4v) is 4.77. The van der Waals surface area contributed by atoms with Crippen molar-refractivity contribution in [2.75, 3.05) is 25.6 Å². The molecule has 1 aromatic carbocycles. The van der Waals surface area contributed by atoms with Gasteiger partial charge in [0.15, 0.2) is 5.56 Å². The van der Waals surface area contributed by atoms with Crippen molar-refractivity contribution in [3.8, 4) is 0 Å². The summed E-state index contributed by atoms with van der Waals surface area (Å²) in [6, 6.07) is 5.75. The molecule has 0 N–H and O–H groups in total. The van der Waals surface area contributed by atoms with Crippen LogP contribution in [0.5, 0.6) is 0 Å². The lowest BCUT2D eigenvalue weighted by Crippen LogP contribution is -2.20. The molecule has 0 amide bonds. The predicted molar refractivity (Wildman–Crippen MR) is 105 cm³/mol. The summed E-state index contributed by atoms with van der Waals surface area (Å²) in [6.07, 6.45) is 5.84. The maximum Gasteiger partial charge on any atom is 0.352 e. The zero-order valence-electron chi connectivity index (χ0n) is 15.5. The van der Waals surface area contributed by atoms with E-state index in [-0.39, 0.29) is 12.2 Å². The lowest BCUT2D eigenvalue weighted by Gasteiger charge is -2.22. The first-order chi connectivity index (χ1) is 12.5. The molecule has 140 valence electrons. The van der Waals surface area contributed by atoms with Gasteiger partial charge in [0.05, 0.1) is 6.61 Å².